The van der Waals surface area contributed by atoms with Gasteiger partial charge in [0.15, 0.2) is 0 Å². The molecule has 2 aromatic heterocycles. The van der Waals surface area contributed by atoms with Gasteiger partial charge in [0.25, 0.3) is 0 Å². The predicted molar refractivity (Wildman–Crippen MR) is 72.0 cm³/mol. The van der Waals surface area contributed by atoms with E-state index in [1.807, 2.05) is 31.5 Å². The van der Waals surface area contributed by atoms with Gasteiger partial charge in [-0.2, -0.15) is 5.10 Å². The minimum absolute atomic E-state index is 0.315. The van der Waals surface area contributed by atoms with Gasteiger partial charge in [-0.15, -0.1) is 0 Å². The Balaban J connectivity index is 1.75. The summed E-state index contributed by atoms with van der Waals surface area (Å²) in [6.07, 6.45) is 1.98. The third kappa shape index (κ3) is 2.57. The highest BCUT2D eigenvalue weighted by Gasteiger charge is 2.21. The van der Waals surface area contributed by atoms with Gasteiger partial charge in [0.05, 0.1) is 6.54 Å². The third-order valence-electron chi connectivity index (χ3n) is 3.28. The van der Waals surface area contributed by atoms with Crippen molar-refractivity contribution in [3.05, 3.63) is 29.1 Å². The lowest BCUT2D eigenvalue weighted by Crippen LogP contribution is -2.32. The van der Waals surface area contributed by atoms with E-state index < -0.39 is 0 Å². The number of aromatic nitrogens is 5. The van der Waals surface area contributed by atoms with Crippen molar-refractivity contribution < 1.29 is 0 Å². The molecule has 0 aliphatic carbocycles. The number of hydrogen-bond donors (Lipinski definition) is 1. The highest BCUT2D eigenvalue weighted by molar-refractivity contribution is 5.29. The van der Waals surface area contributed by atoms with Crippen LogP contribution in [0.4, 0.5) is 5.95 Å². The topological polar surface area (TPSA) is 68.5 Å². The number of rotatable bonds is 2. The smallest absolute Gasteiger partial charge is 0.223 e. The van der Waals surface area contributed by atoms with E-state index in [9.17, 15) is 0 Å². The van der Waals surface area contributed by atoms with Gasteiger partial charge in [0.1, 0.15) is 11.6 Å². The van der Waals surface area contributed by atoms with Gasteiger partial charge in [-0.1, -0.05) is 0 Å². The van der Waals surface area contributed by atoms with E-state index in [1.165, 1.54) is 0 Å². The molecule has 3 rings (SSSR count). The van der Waals surface area contributed by atoms with Crippen LogP contribution in [0.5, 0.6) is 0 Å². The molecule has 6 nitrogen and oxygen atoms in total. The van der Waals surface area contributed by atoms with E-state index in [2.05, 4.69) is 25.4 Å². The first kappa shape index (κ1) is 12.1. The highest BCUT2D eigenvalue weighted by Crippen LogP contribution is 2.16. The number of nitrogens with zero attached hydrogens (tertiary/aromatic N) is 5. The van der Waals surface area contributed by atoms with Crippen molar-refractivity contribution in [2.45, 2.75) is 46.2 Å². The standard InChI is InChI=1S/C13H18N6/c1-8-6-9(2)15-13(14-8)17-11-4-5-12-16-10(3)18-19(12)7-11/h6,11H,4-5,7H2,1-3H3,(H,14,15,17). The molecule has 6 heteroatoms. The number of fused-ring (bicyclic) bond motifs is 1. The van der Waals surface area contributed by atoms with Crippen LogP contribution in [0.3, 0.4) is 0 Å². The first-order chi connectivity index (χ1) is 9.10. The summed E-state index contributed by atoms with van der Waals surface area (Å²) < 4.78 is 1.99. The summed E-state index contributed by atoms with van der Waals surface area (Å²) in [6.45, 7) is 6.73. The zero-order chi connectivity index (χ0) is 13.4. The molecule has 0 saturated heterocycles. The molecule has 3 heterocycles. The maximum absolute atomic E-state index is 4.42. The number of nitrogens with one attached hydrogen (secondary N) is 1. The van der Waals surface area contributed by atoms with Crippen LogP contribution in [-0.2, 0) is 13.0 Å². The monoisotopic (exact) mass is 258 g/mol. The molecule has 0 saturated carbocycles. The van der Waals surface area contributed by atoms with Gasteiger partial charge in [-0.3, -0.25) is 0 Å². The molecule has 1 N–H and O–H groups in total. The van der Waals surface area contributed by atoms with Crippen LogP contribution in [-0.4, -0.2) is 30.8 Å². The molecule has 0 spiro atoms. The molecule has 1 atom stereocenters. The van der Waals surface area contributed by atoms with Gasteiger partial charge < -0.3 is 5.32 Å². The van der Waals surface area contributed by atoms with Crippen LogP contribution in [0.15, 0.2) is 6.07 Å². The number of aryl methyl sites for hydroxylation is 4. The molecule has 2 aromatic rings. The molecule has 0 fully saturated rings. The molecule has 1 aliphatic rings. The van der Waals surface area contributed by atoms with E-state index in [0.717, 1.165) is 42.4 Å². The lowest BCUT2D eigenvalue weighted by atomic mass is 10.1. The van der Waals surface area contributed by atoms with E-state index in [-0.39, 0.29) is 0 Å². The summed E-state index contributed by atoms with van der Waals surface area (Å²) in [4.78, 5) is 13.3. The molecule has 1 unspecified atom stereocenters. The molecule has 0 radical (unpaired) electrons. The van der Waals surface area contributed by atoms with Crippen molar-refractivity contribution in [1.82, 2.24) is 24.7 Å². The maximum Gasteiger partial charge on any atom is 0.223 e. The molecular formula is C13H18N6. The Morgan fingerprint density at radius 1 is 1.16 bits per heavy atom. The van der Waals surface area contributed by atoms with Crippen LogP contribution in [0.2, 0.25) is 0 Å². The highest BCUT2D eigenvalue weighted by atomic mass is 15.4. The number of hydrogen-bond acceptors (Lipinski definition) is 5. The molecule has 0 aromatic carbocycles. The van der Waals surface area contributed by atoms with E-state index in [0.29, 0.717) is 12.0 Å². The number of anilines is 1. The average Bonchev–Trinajstić information content (AvgIpc) is 2.67. The minimum Gasteiger partial charge on any atom is -0.350 e. The average molecular weight is 258 g/mol. The first-order valence-electron chi connectivity index (χ1n) is 6.59. The Morgan fingerprint density at radius 2 is 1.89 bits per heavy atom. The maximum atomic E-state index is 4.42. The van der Waals surface area contributed by atoms with Crippen molar-refractivity contribution in [1.29, 1.82) is 0 Å². The van der Waals surface area contributed by atoms with Crippen molar-refractivity contribution >= 4 is 5.95 Å². The third-order valence-corrected chi connectivity index (χ3v) is 3.28. The Hall–Kier alpha value is -1.98. The van der Waals surface area contributed by atoms with E-state index >= 15 is 0 Å². The van der Waals surface area contributed by atoms with Gasteiger partial charge in [-0.25, -0.2) is 19.6 Å². The lowest BCUT2D eigenvalue weighted by Gasteiger charge is -2.23. The van der Waals surface area contributed by atoms with Gasteiger partial charge in [0.2, 0.25) is 5.95 Å². The summed E-state index contributed by atoms with van der Waals surface area (Å²) >= 11 is 0. The Bertz CT molecular complexity index is 583. The second-order valence-corrected chi connectivity index (χ2v) is 5.11. The van der Waals surface area contributed by atoms with Crippen LogP contribution in [0.1, 0.15) is 29.5 Å². The fourth-order valence-corrected chi connectivity index (χ4v) is 2.52. The van der Waals surface area contributed by atoms with Crippen molar-refractivity contribution in [2.24, 2.45) is 0 Å². The SMILES string of the molecule is Cc1cc(C)nc(NC2CCc3nc(C)nn3C2)n1. The molecule has 0 bridgehead atoms. The fourth-order valence-electron chi connectivity index (χ4n) is 2.52. The van der Waals surface area contributed by atoms with Gasteiger partial charge >= 0.3 is 0 Å². The predicted octanol–water partition coefficient (Wildman–Crippen LogP) is 1.42. The zero-order valence-electron chi connectivity index (χ0n) is 11.5. The van der Waals surface area contributed by atoms with Gasteiger partial charge in [-0.05, 0) is 33.3 Å². The minimum atomic E-state index is 0.315. The van der Waals surface area contributed by atoms with Crippen molar-refractivity contribution in [3.8, 4) is 0 Å². The normalized spacial score (nSPS) is 18.2. The second-order valence-electron chi connectivity index (χ2n) is 5.11. The molecular weight excluding hydrogens is 240 g/mol. The fraction of sp³-hybridized carbons (Fsp3) is 0.538. The van der Waals surface area contributed by atoms with Crippen LogP contribution in [0.25, 0.3) is 0 Å². The molecule has 0 amide bonds. The van der Waals surface area contributed by atoms with Crippen LogP contribution < -0.4 is 5.32 Å². The first-order valence-corrected chi connectivity index (χ1v) is 6.59. The quantitative estimate of drug-likeness (QED) is 0.882. The molecule has 100 valence electrons. The summed E-state index contributed by atoms with van der Waals surface area (Å²) in [5, 5.41) is 7.80. The van der Waals surface area contributed by atoms with E-state index in [4.69, 9.17) is 0 Å². The summed E-state index contributed by atoms with van der Waals surface area (Å²) in [6, 6.07) is 2.29. The van der Waals surface area contributed by atoms with Gasteiger partial charge in [0, 0.05) is 23.9 Å². The van der Waals surface area contributed by atoms with Crippen molar-refractivity contribution in [2.75, 3.05) is 5.32 Å². The molecule has 1 aliphatic heterocycles. The van der Waals surface area contributed by atoms with Crippen LogP contribution in [0, 0.1) is 20.8 Å². The Kier molecular flexibility index (Phi) is 2.93. The van der Waals surface area contributed by atoms with Crippen LogP contribution >= 0.6 is 0 Å². The zero-order valence-corrected chi connectivity index (χ0v) is 11.5. The summed E-state index contributed by atoms with van der Waals surface area (Å²) in [7, 11) is 0. The summed E-state index contributed by atoms with van der Waals surface area (Å²) in [5.41, 5.74) is 1.98. The second kappa shape index (κ2) is 4.60. The molecule has 19 heavy (non-hydrogen) atoms. The van der Waals surface area contributed by atoms with Crippen molar-refractivity contribution in [3.63, 3.8) is 0 Å². The summed E-state index contributed by atoms with van der Waals surface area (Å²) in [5.74, 6) is 2.64. The van der Waals surface area contributed by atoms with E-state index in [1.54, 1.807) is 0 Å². The lowest BCUT2D eigenvalue weighted by molar-refractivity contribution is 0.439. The Labute approximate surface area is 112 Å². The largest absolute Gasteiger partial charge is 0.350 e. The Morgan fingerprint density at radius 3 is 2.63 bits per heavy atom.